The maximum atomic E-state index is 13.5. The molecule has 1 aliphatic rings. The predicted octanol–water partition coefficient (Wildman–Crippen LogP) is -1.09. The summed E-state index contributed by atoms with van der Waals surface area (Å²) in [6.45, 7) is 0.612. The molecule has 204 valence electrons. The summed E-state index contributed by atoms with van der Waals surface area (Å²) in [5.41, 5.74) is 11.7. The van der Waals surface area contributed by atoms with Crippen LogP contribution in [0.5, 0.6) is 5.75 Å². The normalized spacial score (nSPS) is 17.5. The van der Waals surface area contributed by atoms with E-state index in [-0.39, 0.29) is 25.1 Å². The first kappa shape index (κ1) is 29.5. The maximum absolute atomic E-state index is 13.5. The number of carbonyl (C=O) groups is 5. The molecule has 13 nitrogen and oxygen atoms in total. The third kappa shape index (κ3) is 9.03. The highest BCUT2D eigenvalue weighted by Gasteiger charge is 2.39. The number of phenolic OH excluding ortho intramolecular Hbond substituents is 1. The summed E-state index contributed by atoms with van der Waals surface area (Å²) in [5.74, 6) is -4.49. The monoisotopic (exact) mass is 521 g/mol. The molecule has 0 bridgehead atoms. The highest BCUT2D eigenvalue weighted by Crippen LogP contribution is 2.21. The van der Waals surface area contributed by atoms with Crippen LogP contribution >= 0.6 is 0 Å². The Labute approximate surface area is 214 Å². The molecule has 1 aromatic carbocycles. The molecule has 0 radical (unpaired) electrons. The van der Waals surface area contributed by atoms with Gasteiger partial charge in [-0.25, -0.2) is 4.79 Å². The number of likely N-dealkylation sites (tertiary alicyclic amines) is 1. The number of benzene rings is 1. The molecule has 3 amide bonds. The van der Waals surface area contributed by atoms with E-state index >= 15 is 0 Å². The molecule has 1 aliphatic heterocycles. The molecule has 13 heteroatoms. The van der Waals surface area contributed by atoms with Gasteiger partial charge in [0.15, 0.2) is 0 Å². The molecule has 0 saturated carbocycles. The zero-order chi connectivity index (χ0) is 27.5. The number of phenols is 1. The third-order valence-corrected chi connectivity index (χ3v) is 6.12. The fraction of sp³-hybridized carbons (Fsp3) is 0.542. The molecule has 9 N–H and O–H groups in total. The number of nitrogens with zero attached hydrogens (tertiary/aromatic N) is 1. The highest BCUT2D eigenvalue weighted by molar-refractivity contribution is 5.95. The molecule has 1 aromatic rings. The maximum Gasteiger partial charge on any atom is 0.326 e. The molecule has 1 fully saturated rings. The fourth-order valence-electron chi connectivity index (χ4n) is 4.15. The first-order chi connectivity index (χ1) is 17.5. The van der Waals surface area contributed by atoms with Crippen LogP contribution < -0.4 is 22.1 Å². The van der Waals surface area contributed by atoms with Gasteiger partial charge in [-0.05, 0) is 56.3 Å². The van der Waals surface area contributed by atoms with Crippen LogP contribution in [0.25, 0.3) is 0 Å². The van der Waals surface area contributed by atoms with Crippen LogP contribution in [0.3, 0.4) is 0 Å². The van der Waals surface area contributed by atoms with Crippen molar-refractivity contribution in [1.29, 1.82) is 0 Å². The number of hydrogen-bond acceptors (Lipinski definition) is 8. The molecule has 2 rings (SSSR count). The van der Waals surface area contributed by atoms with E-state index in [9.17, 15) is 34.2 Å². The number of nitrogens with one attached hydrogen (secondary N) is 2. The predicted molar refractivity (Wildman–Crippen MR) is 131 cm³/mol. The number of carboxylic acid groups (broad SMARTS) is 2. The zero-order valence-corrected chi connectivity index (χ0v) is 20.5. The van der Waals surface area contributed by atoms with Gasteiger partial charge >= 0.3 is 11.9 Å². The van der Waals surface area contributed by atoms with E-state index < -0.39 is 60.2 Å². The number of aliphatic carboxylic acids is 2. The van der Waals surface area contributed by atoms with Crippen LogP contribution in [-0.4, -0.2) is 87.1 Å². The average Bonchev–Trinajstić information content (AvgIpc) is 3.33. The lowest BCUT2D eigenvalue weighted by Gasteiger charge is -2.30. The quantitative estimate of drug-likeness (QED) is 0.146. The van der Waals surface area contributed by atoms with Crippen molar-refractivity contribution in [3.63, 3.8) is 0 Å². The van der Waals surface area contributed by atoms with Crippen molar-refractivity contribution in [2.24, 2.45) is 11.5 Å². The summed E-state index contributed by atoms with van der Waals surface area (Å²) in [7, 11) is 0. The van der Waals surface area contributed by atoms with Crippen LogP contribution in [0, 0.1) is 0 Å². The second kappa shape index (κ2) is 14.1. The minimum absolute atomic E-state index is 0.00762. The summed E-state index contributed by atoms with van der Waals surface area (Å²) in [6, 6.07) is 1.32. The van der Waals surface area contributed by atoms with Crippen molar-refractivity contribution < 1.29 is 39.3 Å². The fourth-order valence-corrected chi connectivity index (χ4v) is 4.15. The van der Waals surface area contributed by atoms with Crippen LogP contribution in [0.15, 0.2) is 24.3 Å². The van der Waals surface area contributed by atoms with Crippen molar-refractivity contribution in [3.8, 4) is 5.75 Å². The van der Waals surface area contributed by atoms with E-state index in [2.05, 4.69) is 10.6 Å². The molecular weight excluding hydrogens is 486 g/mol. The molecular formula is C24H35N5O8. The van der Waals surface area contributed by atoms with Gasteiger partial charge in [-0.2, -0.15) is 0 Å². The van der Waals surface area contributed by atoms with E-state index in [4.69, 9.17) is 16.6 Å². The van der Waals surface area contributed by atoms with E-state index in [0.717, 1.165) is 0 Å². The van der Waals surface area contributed by atoms with Crippen molar-refractivity contribution in [3.05, 3.63) is 29.8 Å². The van der Waals surface area contributed by atoms with Gasteiger partial charge in [-0.15, -0.1) is 0 Å². The van der Waals surface area contributed by atoms with Gasteiger partial charge < -0.3 is 42.3 Å². The summed E-state index contributed by atoms with van der Waals surface area (Å²) >= 11 is 0. The minimum Gasteiger partial charge on any atom is -0.508 e. The Balaban J connectivity index is 2.20. The lowest BCUT2D eigenvalue weighted by molar-refractivity contribution is -0.145. The summed E-state index contributed by atoms with van der Waals surface area (Å²) in [5, 5.41) is 33.0. The van der Waals surface area contributed by atoms with Gasteiger partial charge in [-0.3, -0.25) is 19.2 Å². The average molecular weight is 522 g/mol. The standard InChI is InChI=1S/C24H35N5O8/c25-10-2-1-4-17(24(36)37)27-22(34)19-5-3-11-29(19)23(35)18(12-14-6-8-15(30)9-7-14)28-21(33)16(26)13-20(31)32/h6-9,16-19,30H,1-5,10-13,25-26H2,(H,27,34)(H,28,33)(H,31,32)(H,36,37). The van der Waals surface area contributed by atoms with Crippen LogP contribution in [0.4, 0.5) is 0 Å². The first-order valence-corrected chi connectivity index (χ1v) is 12.1. The Morgan fingerprint density at radius 2 is 1.70 bits per heavy atom. The number of unbranched alkanes of at least 4 members (excludes halogenated alkanes) is 1. The van der Waals surface area contributed by atoms with Crippen molar-refractivity contribution >= 4 is 29.7 Å². The Kier molecular flexibility index (Phi) is 11.3. The van der Waals surface area contributed by atoms with Crippen molar-refractivity contribution in [2.45, 2.75) is 69.1 Å². The SMILES string of the molecule is NCCCCC(NC(=O)C1CCCN1C(=O)C(Cc1ccc(O)cc1)NC(=O)C(N)CC(=O)O)C(=O)O. The lowest BCUT2D eigenvalue weighted by Crippen LogP contribution is -2.57. The second-order valence-corrected chi connectivity index (χ2v) is 9.01. The largest absolute Gasteiger partial charge is 0.508 e. The number of aromatic hydroxyl groups is 1. The Morgan fingerprint density at radius 1 is 1.03 bits per heavy atom. The number of amides is 3. The molecule has 4 unspecified atom stereocenters. The van der Waals surface area contributed by atoms with Gasteiger partial charge in [0.25, 0.3) is 0 Å². The second-order valence-electron chi connectivity index (χ2n) is 9.01. The molecule has 1 heterocycles. The number of rotatable bonds is 14. The zero-order valence-electron chi connectivity index (χ0n) is 20.5. The highest BCUT2D eigenvalue weighted by atomic mass is 16.4. The van der Waals surface area contributed by atoms with Crippen LogP contribution in [0.2, 0.25) is 0 Å². The van der Waals surface area contributed by atoms with Gasteiger partial charge in [0, 0.05) is 13.0 Å². The number of carboxylic acids is 2. The molecule has 1 saturated heterocycles. The van der Waals surface area contributed by atoms with E-state index in [0.29, 0.717) is 37.8 Å². The minimum atomic E-state index is -1.39. The van der Waals surface area contributed by atoms with E-state index in [1.54, 1.807) is 12.1 Å². The van der Waals surface area contributed by atoms with Crippen molar-refractivity contribution in [2.75, 3.05) is 13.1 Å². The van der Waals surface area contributed by atoms with Gasteiger partial charge in [0.2, 0.25) is 17.7 Å². The van der Waals surface area contributed by atoms with Crippen molar-refractivity contribution in [1.82, 2.24) is 15.5 Å². The Hall–Kier alpha value is -3.71. The number of hydrogen-bond donors (Lipinski definition) is 7. The third-order valence-electron chi connectivity index (χ3n) is 6.12. The molecule has 0 aliphatic carbocycles. The van der Waals surface area contributed by atoms with Gasteiger partial charge in [0.1, 0.15) is 23.9 Å². The molecule has 0 spiro atoms. The Morgan fingerprint density at radius 3 is 2.30 bits per heavy atom. The smallest absolute Gasteiger partial charge is 0.326 e. The van der Waals surface area contributed by atoms with Gasteiger partial charge in [0.05, 0.1) is 12.5 Å². The topological polar surface area (TPSA) is 225 Å². The van der Waals surface area contributed by atoms with Gasteiger partial charge in [-0.1, -0.05) is 12.1 Å². The number of carbonyl (C=O) groups excluding carboxylic acids is 3. The summed E-state index contributed by atoms with van der Waals surface area (Å²) in [4.78, 5) is 62.9. The van der Waals surface area contributed by atoms with Crippen LogP contribution in [0.1, 0.15) is 44.1 Å². The summed E-state index contributed by atoms with van der Waals surface area (Å²) in [6.07, 6.45) is 1.47. The van der Waals surface area contributed by atoms with E-state index in [1.807, 2.05) is 0 Å². The Bertz CT molecular complexity index is 970. The molecule has 4 atom stereocenters. The molecule has 37 heavy (non-hydrogen) atoms. The van der Waals surface area contributed by atoms with Crippen LogP contribution in [-0.2, 0) is 30.4 Å². The van der Waals surface area contributed by atoms with E-state index in [1.165, 1.54) is 17.0 Å². The lowest BCUT2D eigenvalue weighted by atomic mass is 10.0. The summed E-state index contributed by atoms with van der Waals surface area (Å²) < 4.78 is 0. The number of nitrogens with two attached hydrogens (primary N) is 2. The first-order valence-electron chi connectivity index (χ1n) is 12.1. The molecule has 0 aromatic heterocycles.